The van der Waals surface area contributed by atoms with Gasteiger partial charge in [-0.05, 0) is 18.2 Å². The van der Waals surface area contributed by atoms with Crippen LogP contribution in [0.4, 0.5) is 11.4 Å². The fraction of sp³-hybridized carbons (Fsp3) is 0.125. The predicted molar refractivity (Wildman–Crippen MR) is 92.6 cm³/mol. The van der Waals surface area contributed by atoms with Crippen LogP contribution in [0.25, 0.3) is 0 Å². The van der Waals surface area contributed by atoms with E-state index in [1.54, 1.807) is 0 Å². The molecule has 136 valence electrons. The highest BCUT2D eigenvalue weighted by molar-refractivity contribution is 6.34. The van der Waals surface area contributed by atoms with Crippen LogP contribution in [0.5, 0.6) is 11.5 Å². The molecular formula is C16H13ClN2O7. The maximum Gasteiger partial charge on any atom is 0.339 e. The summed E-state index contributed by atoms with van der Waals surface area (Å²) in [6, 6.07) is 6.09. The first-order valence-electron chi connectivity index (χ1n) is 7.03. The summed E-state index contributed by atoms with van der Waals surface area (Å²) >= 11 is 6.00. The SMILES string of the molecule is COc1cc(NC(=O)c2ccc(OC)c([N+](=O)[O-])c2)c(Cl)cc1C(=O)O. The van der Waals surface area contributed by atoms with E-state index in [2.05, 4.69) is 5.32 Å². The molecule has 0 aliphatic heterocycles. The lowest BCUT2D eigenvalue weighted by Gasteiger charge is -2.12. The molecule has 9 nitrogen and oxygen atoms in total. The van der Waals surface area contributed by atoms with Crippen LogP contribution in [0, 0.1) is 10.1 Å². The smallest absolute Gasteiger partial charge is 0.339 e. The molecule has 0 heterocycles. The molecular weight excluding hydrogens is 368 g/mol. The lowest BCUT2D eigenvalue weighted by Crippen LogP contribution is -2.13. The van der Waals surface area contributed by atoms with Gasteiger partial charge in [0, 0.05) is 17.7 Å². The quantitative estimate of drug-likeness (QED) is 0.581. The summed E-state index contributed by atoms with van der Waals surface area (Å²) in [6.45, 7) is 0. The van der Waals surface area contributed by atoms with E-state index in [1.165, 1.54) is 32.4 Å². The molecule has 2 aromatic rings. The Labute approximate surface area is 152 Å². The van der Waals surface area contributed by atoms with Crippen LogP contribution >= 0.6 is 11.6 Å². The van der Waals surface area contributed by atoms with Gasteiger partial charge in [0.15, 0.2) is 5.75 Å². The van der Waals surface area contributed by atoms with Gasteiger partial charge in [-0.25, -0.2) is 4.79 Å². The highest BCUT2D eigenvalue weighted by atomic mass is 35.5. The lowest BCUT2D eigenvalue weighted by atomic mass is 10.1. The van der Waals surface area contributed by atoms with Crippen molar-refractivity contribution in [1.82, 2.24) is 0 Å². The predicted octanol–water partition coefficient (Wildman–Crippen LogP) is 3.22. The average molecular weight is 381 g/mol. The molecule has 0 spiro atoms. The van der Waals surface area contributed by atoms with Gasteiger partial charge < -0.3 is 19.9 Å². The Hall–Kier alpha value is -3.33. The number of aromatic carboxylic acids is 1. The summed E-state index contributed by atoms with van der Waals surface area (Å²) in [7, 11) is 2.55. The largest absolute Gasteiger partial charge is 0.496 e. The Morgan fingerprint density at radius 1 is 1.15 bits per heavy atom. The van der Waals surface area contributed by atoms with Gasteiger partial charge in [-0.15, -0.1) is 0 Å². The zero-order valence-corrected chi connectivity index (χ0v) is 14.4. The van der Waals surface area contributed by atoms with Crippen molar-refractivity contribution < 1.29 is 29.1 Å². The zero-order valence-electron chi connectivity index (χ0n) is 13.6. The molecule has 1 amide bonds. The number of carbonyl (C=O) groups excluding carboxylic acids is 1. The third kappa shape index (κ3) is 3.83. The number of carboxylic acids is 1. The van der Waals surface area contributed by atoms with Gasteiger partial charge in [0.1, 0.15) is 11.3 Å². The van der Waals surface area contributed by atoms with E-state index in [-0.39, 0.29) is 39.0 Å². The minimum Gasteiger partial charge on any atom is -0.496 e. The summed E-state index contributed by atoms with van der Waals surface area (Å²) in [6.07, 6.45) is 0. The summed E-state index contributed by atoms with van der Waals surface area (Å²) < 4.78 is 9.85. The molecule has 0 radical (unpaired) electrons. The Morgan fingerprint density at radius 3 is 2.35 bits per heavy atom. The van der Waals surface area contributed by atoms with Crippen LogP contribution in [0.1, 0.15) is 20.7 Å². The van der Waals surface area contributed by atoms with Crippen molar-refractivity contribution in [3.05, 3.63) is 56.6 Å². The molecule has 0 aliphatic rings. The molecule has 0 saturated carbocycles. The van der Waals surface area contributed by atoms with Crippen molar-refractivity contribution >= 4 is 34.9 Å². The van der Waals surface area contributed by atoms with Gasteiger partial charge in [-0.3, -0.25) is 14.9 Å². The van der Waals surface area contributed by atoms with Crippen LogP contribution in [0.15, 0.2) is 30.3 Å². The molecule has 0 saturated heterocycles. The van der Waals surface area contributed by atoms with E-state index >= 15 is 0 Å². The number of ether oxygens (including phenoxy) is 2. The summed E-state index contributed by atoms with van der Waals surface area (Å²) in [5.74, 6) is -1.91. The number of nitro benzene ring substituents is 1. The molecule has 10 heteroatoms. The molecule has 2 rings (SSSR count). The number of nitro groups is 1. The van der Waals surface area contributed by atoms with Gasteiger partial charge >= 0.3 is 11.7 Å². The van der Waals surface area contributed by atoms with Crippen molar-refractivity contribution in [3.63, 3.8) is 0 Å². The van der Waals surface area contributed by atoms with Gasteiger partial charge in [0.05, 0.1) is 29.9 Å². The fourth-order valence-electron chi connectivity index (χ4n) is 2.15. The Balaban J connectivity index is 2.37. The molecule has 0 unspecified atom stereocenters. The molecule has 0 fully saturated rings. The first-order valence-corrected chi connectivity index (χ1v) is 7.41. The Bertz CT molecular complexity index is 898. The number of methoxy groups -OCH3 is 2. The summed E-state index contributed by atoms with van der Waals surface area (Å²) in [4.78, 5) is 33.9. The molecule has 0 aromatic heterocycles. The number of rotatable bonds is 6. The monoisotopic (exact) mass is 380 g/mol. The number of hydrogen-bond donors (Lipinski definition) is 2. The topological polar surface area (TPSA) is 128 Å². The minimum absolute atomic E-state index is 0.00193. The van der Waals surface area contributed by atoms with Gasteiger partial charge in [-0.2, -0.15) is 0 Å². The third-order valence-corrected chi connectivity index (χ3v) is 3.72. The second kappa shape index (κ2) is 7.70. The number of carbonyl (C=O) groups is 2. The first-order chi connectivity index (χ1) is 12.3. The average Bonchev–Trinajstić information content (AvgIpc) is 2.62. The Morgan fingerprint density at radius 2 is 1.81 bits per heavy atom. The van der Waals surface area contributed by atoms with E-state index in [0.717, 1.165) is 12.1 Å². The lowest BCUT2D eigenvalue weighted by molar-refractivity contribution is -0.385. The zero-order chi connectivity index (χ0) is 19.4. The number of carboxylic acid groups (broad SMARTS) is 1. The number of hydrogen-bond acceptors (Lipinski definition) is 6. The number of halogens is 1. The molecule has 2 N–H and O–H groups in total. The maximum atomic E-state index is 12.4. The van der Waals surface area contributed by atoms with E-state index in [4.69, 9.17) is 26.2 Å². The normalized spacial score (nSPS) is 10.1. The van der Waals surface area contributed by atoms with E-state index in [0.29, 0.717) is 0 Å². The van der Waals surface area contributed by atoms with Crippen LogP contribution in [0.2, 0.25) is 5.02 Å². The second-order valence-corrected chi connectivity index (χ2v) is 5.34. The van der Waals surface area contributed by atoms with Crippen molar-refractivity contribution in [2.45, 2.75) is 0 Å². The standard InChI is InChI=1S/C16H13ClN2O7/c1-25-13-4-3-8(5-12(13)19(23)24)15(20)18-11-7-14(26-2)9(16(21)22)6-10(11)17/h3-7H,1-2H3,(H,18,20)(H,21,22). The van der Waals surface area contributed by atoms with E-state index in [1.807, 2.05) is 0 Å². The van der Waals surface area contributed by atoms with Crippen LogP contribution in [-0.4, -0.2) is 36.1 Å². The summed E-state index contributed by atoms with van der Waals surface area (Å²) in [5, 5.41) is 22.6. The number of benzene rings is 2. The molecule has 0 bridgehead atoms. The van der Waals surface area contributed by atoms with Crippen LogP contribution < -0.4 is 14.8 Å². The highest BCUT2D eigenvalue weighted by Crippen LogP contribution is 2.32. The number of nitrogens with one attached hydrogen (secondary N) is 1. The third-order valence-electron chi connectivity index (χ3n) is 3.41. The van der Waals surface area contributed by atoms with Crippen LogP contribution in [-0.2, 0) is 0 Å². The van der Waals surface area contributed by atoms with Crippen molar-refractivity contribution in [3.8, 4) is 11.5 Å². The molecule has 2 aromatic carbocycles. The number of nitrogens with zero attached hydrogens (tertiary/aromatic N) is 1. The summed E-state index contributed by atoms with van der Waals surface area (Å²) in [5.41, 5.74) is -0.451. The van der Waals surface area contributed by atoms with Crippen molar-refractivity contribution in [2.24, 2.45) is 0 Å². The molecule has 26 heavy (non-hydrogen) atoms. The van der Waals surface area contributed by atoms with Crippen molar-refractivity contribution in [1.29, 1.82) is 0 Å². The van der Waals surface area contributed by atoms with E-state index < -0.39 is 16.8 Å². The first kappa shape index (κ1) is 19.0. The van der Waals surface area contributed by atoms with Gasteiger partial charge in [-0.1, -0.05) is 11.6 Å². The number of amides is 1. The molecule has 0 aliphatic carbocycles. The van der Waals surface area contributed by atoms with Gasteiger partial charge in [0.25, 0.3) is 5.91 Å². The maximum absolute atomic E-state index is 12.4. The molecule has 0 atom stereocenters. The second-order valence-electron chi connectivity index (χ2n) is 4.94. The number of anilines is 1. The highest BCUT2D eigenvalue weighted by Gasteiger charge is 2.20. The van der Waals surface area contributed by atoms with Gasteiger partial charge in [0.2, 0.25) is 0 Å². The fourth-order valence-corrected chi connectivity index (χ4v) is 2.36. The van der Waals surface area contributed by atoms with Crippen LogP contribution in [0.3, 0.4) is 0 Å². The minimum atomic E-state index is -1.24. The van der Waals surface area contributed by atoms with Crippen molar-refractivity contribution in [2.75, 3.05) is 19.5 Å². The Kier molecular flexibility index (Phi) is 5.63. The van der Waals surface area contributed by atoms with E-state index in [9.17, 15) is 19.7 Å².